The van der Waals surface area contributed by atoms with E-state index >= 15 is 0 Å². The summed E-state index contributed by atoms with van der Waals surface area (Å²) in [6.45, 7) is 1.44. The quantitative estimate of drug-likeness (QED) is 0.216. The second-order valence-electron chi connectivity index (χ2n) is 7.26. The van der Waals surface area contributed by atoms with E-state index in [1.165, 1.54) is 5.56 Å². The van der Waals surface area contributed by atoms with E-state index < -0.39 is 5.91 Å². The molecule has 0 spiro atoms. The predicted octanol–water partition coefficient (Wildman–Crippen LogP) is 2.80. The fourth-order valence-electron chi connectivity index (χ4n) is 3.33. The molecule has 5 N–H and O–H groups in total. The van der Waals surface area contributed by atoms with E-state index in [0.717, 1.165) is 36.9 Å². The SMILES string of the molecule is NC=C(C=NCCCc1ccc(C(=O)NO)cc1)CNC1CC1c1ccccc1. The van der Waals surface area contributed by atoms with Crippen molar-refractivity contribution in [3.05, 3.63) is 83.1 Å². The van der Waals surface area contributed by atoms with Gasteiger partial charge in [-0.15, -0.1) is 0 Å². The molecular weight excluding hydrogens is 364 g/mol. The molecule has 1 amide bonds. The van der Waals surface area contributed by atoms with Gasteiger partial charge in [-0.2, -0.15) is 0 Å². The smallest absolute Gasteiger partial charge is 0.274 e. The number of nitrogens with one attached hydrogen (secondary N) is 2. The third-order valence-electron chi connectivity index (χ3n) is 5.13. The molecule has 6 heteroatoms. The Kier molecular flexibility index (Phi) is 7.55. The van der Waals surface area contributed by atoms with Gasteiger partial charge in [0.1, 0.15) is 0 Å². The van der Waals surface area contributed by atoms with Crippen LogP contribution in [0.1, 0.15) is 40.2 Å². The Bertz CT molecular complexity index is 847. The van der Waals surface area contributed by atoms with Crippen LogP contribution >= 0.6 is 0 Å². The third kappa shape index (κ3) is 6.27. The first-order valence-corrected chi connectivity index (χ1v) is 9.93. The van der Waals surface area contributed by atoms with Crippen LogP contribution in [-0.4, -0.2) is 36.5 Å². The maximum atomic E-state index is 11.3. The molecule has 0 saturated heterocycles. The minimum atomic E-state index is -0.503. The lowest BCUT2D eigenvalue weighted by molar-refractivity contribution is 0.0706. The van der Waals surface area contributed by atoms with Crippen LogP contribution < -0.4 is 16.5 Å². The van der Waals surface area contributed by atoms with Crippen LogP contribution in [0.4, 0.5) is 0 Å². The minimum Gasteiger partial charge on any atom is -0.404 e. The first kappa shape index (κ1) is 20.8. The van der Waals surface area contributed by atoms with Crippen LogP contribution in [0.3, 0.4) is 0 Å². The Morgan fingerprint density at radius 1 is 1.17 bits per heavy atom. The highest BCUT2D eigenvalue weighted by atomic mass is 16.5. The molecule has 152 valence electrons. The molecule has 29 heavy (non-hydrogen) atoms. The first-order valence-electron chi connectivity index (χ1n) is 9.93. The van der Waals surface area contributed by atoms with Crippen LogP contribution in [0, 0.1) is 0 Å². The molecule has 1 saturated carbocycles. The highest BCUT2D eigenvalue weighted by Crippen LogP contribution is 2.40. The summed E-state index contributed by atoms with van der Waals surface area (Å²) >= 11 is 0. The van der Waals surface area contributed by atoms with Gasteiger partial charge in [-0.3, -0.25) is 15.0 Å². The van der Waals surface area contributed by atoms with Gasteiger partial charge in [-0.05, 0) is 54.3 Å². The van der Waals surface area contributed by atoms with Gasteiger partial charge in [-0.25, -0.2) is 5.48 Å². The summed E-state index contributed by atoms with van der Waals surface area (Å²) in [5.41, 5.74) is 11.3. The molecule has 2 unspecified atom stereocenters. The lowest BCUT2D eigenvalue weighted by atomic mass is 10.1. The largest absolute Gasteiger partial charge is 0.404 e. The molecule has 2 aromatic rings. The van der Waals surface area contributed by atoms with E-state index in [-0.39, 0.29) is 0 Å². The number of hydrogen-bond donors (Lipinski definition) is 4. The van der Waals surface area contributed by atoms with Crippen molar-refractivity contribution in [2.24, 2.45) is 10.7 Å². The van der Waals surface area contributed by atoms with Crippen molar-refractivity contribution in [2.45, 2.75) is 31.2 Å². The molecule has 3 rings (SSSR count). The zero-order chi connectivity index (χ0) is 20.5. The lowest BCUT2D eigenvalue weighted by Crippen LogP contribution is -2.22. The van der Waals surface area contributed by atoms with Gasteiger partial charge in [0.25, 0.3) is 5.91 Å². The van der Waals surface area contributed by atoms with Crippen molar-refractivity contribution >= 4 is 12.1 Å². The summed E-state index contributed by atoms with van der Waals surface area (Å²) in [5.74, 6) is 0.0964. The summed E-state index contributed by atoms with van der Waals surface area (Å²) in [6, 6.07) is 18.3. The Labute approximate surface area is 171 Å². The van der Waals surface area contributed by atoms with Crippen molar-refractivity contribution in [3.63, 3.8) is 0 Å². The zero-order valence-corrected chi connectivity index (χ0v) is 16.4. The van der Waals surface area contributed by atoms with E-state index in [9.17, 15) is 4.79 Å². The molecule has 1 fully saturated rings. The monoisotopic (exact) mass is 392 g/mol. The van der Waals surface area contributed by atoms with E-state index in [2.05, 4.69) is 34.6 Å². The van der Waals surface area contributed by atoms with E-state index in [0.29, 0.717) is 24.1 Å². The van der Waals surface area contributed by atoms with E-state index in [1.807, 2.05) is 24.4 Å². The third-order valence-corrected chi connectivity index (χ3v) is 5.13. The molecule has 2 aromatic carbocycles. The van der Waals surface area contributed by atoms with Crippen LogP contribution in [0.25, 0.3) is 0 Å². The number of rotatable bonds is 10. The van der Waals surface area contributed by atoms with Gasteiger partial charge in [0.15, 0.2) is 0 Å². The Balaban J connectivity index is 1.34. The number of aryl methyl sites for hydroxylation is 1. The average Bonchev–Trinajstić information content (AvgIpc) is 3.56. The van der Waals surface area contributed by atoms with Crippen molar-refractivity contribution in [1.82, 2.24) is 10.8 Å². The summed E-state index contributed by atoms with van der Waals surface area (Å²) < 4.78 is 0. The fourth-order valence-corrected chi connectivity index (χ4v) is 3.33. The maximum absolute atomic E-state index is 11.3. The lowest BCUT2D eigenvalue weighted by Gasteiger charge is -2.05. The number of amides is 1. The number of hydroxylamine groups is 1. The summed E-state index contributed by atoms with van der Waals surface area (Å²) in [5, 5.41) is 12.2. The summed E-state index contributed by atoms with van der Waals surface area (Å²) in [7, 11) is 0. The summed E-state index contributed by atoms with van der Waals surface area (Å²) in [4.78, 5) is 15.8. The number of benzene rings is 2. The molecule has 6 nitrogen and oxygen atoms in total. The normalized spacial score (nSPS) is 18.7. The van der Waals surface area contributed by atoms with Crippen LogP contribution in [0.5, 0.6) is 0 Å². The molecule has 0 heterocycles. The predicted molar refractivity (Wildman–Crippen MR) is 115 cm³/mol. The standard InChI is InChI=1S/C23H28N4O2/c24-14-18(16-26-22-13-21(22)19-6-2-1-3-7-19)15-25-12-4-5-17-8-10-20(11-9-17)23(28)27-29/h1-3,6-11,14-15,21-22,26,29H,4-5,12-13,16,24H2,(H,27,28). The van der Waals surface area contributed by atoms with Crippen molar-refractivity contribution < 1.29 is 10.0 Å². The van der Waals surface area contributed by atoms with E-state index in [1.54, 1.807) is 23.8 Å². The summed E-state index contributed by atoms with van der Waals surface area (Å²) in [6.07, 6.45) is 6.41. The van der Waals surface area contributed by atoms with E-state index in [4.69, 9.17) is 10.9 Å². The fraction of sp³-hybridized carbons (Fsp3) is 0.304. The molecule has 0 radical (unpaired) electrons. The van der Waals surface area contributed by atoms with Crippen LogP contribution in [0.15, 0.2) is 71.4 Å². The highest BCUT2D eigenvalue weighted by Gasteiger charge is 2.37. The number of carbonyl (C=O) groups is 1. The Morgan fingerprint density at radius 2 is 1.93 bits per heavy atom. The second-order valence-corrected chi connectivity index (χ2v) is 7.26. The van der Waals surface area contributed by atoms with Gasteiger partial charge >= 0.3 is 0 Å². The Hall–Kier alpha value is -2.96. The molecule has 0 aromatic heterocycles. The number of nitrogens with zero attached hydrogens (tertiary/aromatic N) is 1. The molecule has 0 bridgehead atoms. The second kappa shape index (κ2) is 10.5. The van der Waals surface area contributed by atoms with Crippen LogP contribution in [-0.2, 0) is 6.42 Å². The first-order chi connectivity index (χ1) is 14.2. The number of hydrogen-bond acceptors (Lipinski definition) is 5. The van der Waals surface area contributed by atoms with Gasteiger partial charge in [0, 0.05) is 36.8 Å². The van der Waals surface area contributed by atoms with Gasteiger partial charge in [-0.1, -0.05) is 42.5 Å². The Morgan fingerprint density at radius 3 is 2.62 bits per heavy atom. The maximum Gasteiger partial charge on any atom is 0.274 e. The van der Waals surface area contributed by atoms with Crippen molar-refractivity contribution in [2.75, 3.05) is 13.1 Å². The van der Waals surface area contributed by atoms with Crippen molar-refractivity contribution in [3.8, 4) is 0 Å². The van der Waals surface area contributed by atoms with Gasteiger partial charge < -0.3 is 11.1 Å². The molecule has 1 aliphatic carbocycles. The molecule has 0 aliphatic heterocycles. The zero-order valence-electron chi connectivity index (χ0n) is 16.4. The molecular formula is C23H28N4O2. The molecule has 1 aliphatic rings. The number of nitrogens with two attached hydrogens (primary N) is 1. The molecule has 2 atom stereocenters. The van der Waals surface area contributed by atoms with Gasteiger partial charge in [0.2, 0.25) is 0 Å². The minimum absolute atomic E-state index is 0.435. The highest BCUT2D eigenvalue weighted by molar-refractivity contribution is 5.93. The average molecular weight is 393 g/mol. The van der Waals surface area contributed by atoms with Gasteiger partial charge in [0.05, 0.1) is 0 Å². The topological polar surface area (TPSA) is 99.7 Å². The number of carbonyl (C=O) groups excluding carboxylic acids is 1. The number of aliphatic imine (C=N–C) groups is 1. The van der Waals surface area contributed by atoms with Crippen molar-refractivity contribution in [1.29, 1.82) is 0 Å². The van der Waals surface area contributed by atoms with Crippen LogP contribution in [0.2, 0.25) is 0 Å².